The molecule has 38 heavy (non-hydrogen) atoms. The van der Waals surface area contributed by atoms with E-state index in [-0.39, 0.29) is 25.1 Å². The quantitative estimate of drug-likeness (QED) is 0.380. The van der Waals surface area contributed by atoms with E-state index in [4.69, 9.17) is 23.9 Å². The van der Waals surface area contributed by atoms with Crippen LogP contribution >= 0.6 is 11.8 Å². The van der Waals surface area contributed by atoms with E-state index < -0.39 is 0 Å². The Labute approximate surface area is 223 Å². The van der Waals surface area contributed by atoms with Crippen LogP contribution in [0.5, 0.6) is 23.0 Å². The van der Waals surface area contributed by atoms with E-state index in [0.29, 0.717) is 28.0 Å². The largest absolute Gasteiger partial charge is 0.454 e. The highest BCUT2D eigenvalue weighted by atomic mass is 32.2. The molecule has 7 rings (SSSR count). The van der Waals surface area contributed by atoms with E-state index in [0.717, 1.165) is 59.1 Å². The Bertz CT molecular complexity index is 1580. The average Bonchev–Trinajstić information content (AvgIpc) is 3.60. The molecule has 194 valence electrons. The molecule has 9 nitrogen and oxygen atoms in total. The first-order chi connectivity index (χ1) is 18.6. The molecule has 4 aliphatic heterocycles. The Kier molecular flexibility index (Phi) is 5.59. The molecule has 0 spiro atoms. The highest BCUT2D eigenvalue weighted by Crippen LogP contribution is 2.46. The van der Waals surface area contributed by atoms with Gasteiger partial charge in [-0.3, -0.25) is 9.69 Å². The van der Waals surface area contributed by atoms with E-state index in [1.54, 1.807) is 0 Å². The maximum atomic E-state index is 13.5. The molecule has 4 aliphatic rings. The highest BCUT2D eigenvalue weighted by Gasteiger charge is 2.38. The van der Waals surface area contributed by atoms with E-state index in [2.05, 4.69) is 28.2 Å². The zero-order chi connectivity index (χ0) is 25.8. The second-order valence-corrected chi connectivity index (χ2v) is 10.3. The Morgan fingerprint density at radius 3 is 2.53 bits per heavy atom. The third-order valence-corrected chi connectivity index (χ3v) is 7.93. The summed E-state index contributed by atoms with van der Waals surface area (Å²) in [5.74, 6) is 3.19. The molecule has 0 fully saturated rings. The molecule has 2 N–H and O–H groups in total. The number of aromatic nitrogens is 2. The van der Waals surface area contributed by atoms with Crippen molar-refractivity contribution in [3.63, 3.8) is 0 Å². The van der Waals surface area contributed by atoms with Crippen LogP contribution in [-0.4, -0.2) is 54.3 Å². The predicted molar refractivity (Wildman–Crippen MR) is 144 cm³/mol. The number of hydrogen-bond donors (Lipinski definition) is 2. The summed E-state index contributed by atoms with van der Waals surface area (Å²) in [7, 11) is 0. The number of hydrogen-bond acceptors (Lipinski definition) is 9. The van der Waals surface area contributed by atoms with Gasteiger partial charge >= 0.3 is 0 Å². The molecule has 0 radical (unpaired) electrons. The molecule has 0 saturated heterocycles. The van der Waals surface area contributed by atoms with Gasteiger partial charge in [-0.15, -0.1) is 0 Å². The molecule has 2 aromatic carbocycles. The molecule has 0 saturated carbocycles. The summed E-state index contributed by atoms with van der Waals surface area (Å²) in [4.78, 5) is 23.6. The monoisotopic (exact) mass is 530 g/mol. The van der Waals surface area contributed by atoms with E-state index in [1.165, 1.54) is 11.8 Å². The van der Waals surface area contributed by atoms with Crippen LogP contribution in [0.1, 0.15) is 29.5 Å². The lowest BCUT2D eigenvalue weighted by atomic mass is 9.79. The maximum absolute atomic E-state index is 13.5. The van der Waals surface area contributed by atoms with Crippen molar-refractivity contribution in [2.45, 2.75) is 18.0 Å². The first-order valence-electron chi connectivity index (χ1n) is 12.5. The fourth-order valence-corrected chi connectivity index (χ4v) is 5.90. The Morgan fingerprint density at radius 1 is 1.03 bits per heavy atom. The molecule has 3 aromatic rings. The number of aromatic amines is 1. The molecule has 0 amide bonds. The third-order valence-electron chi connectivity index (χ3n) is 7.35. The minimum Gasteiger partial charge on any atom is -0.454 e. The van der Waals surface area contributed by atoms with Crippen LogP contribution in [0.4, 0.5) is 5.82 Å². The molecule has 0 bridgehead atoms. The van der Waals surface area contributed by atoms with Crippen LogP contribution in [0.2, 0.25) is 0 Å². The zero-order valence-corrected chi connectivity index (χ0v) is 21.8. The summed E-state index contributed by atoms with van der Waals surface area (Å²) in [5, 5.41) is 4.13. The van der Waals surface area contributed by atoms with Crippen molar-refractivity contribution in [3.05, 3.63) is 80.3 Å². The molecule has 0 aliphatic carbocycles. The van der Waals surface area contributed by atoms with Gasteiger partial charge in [0.1, 0.15) is 5.82 Å². The smallest absolute Gasteiger partial charge is 0.257 e. The average molecular weight is 531 g/mol. The lowest BCUT2D eigenvalue weighted by Crippen LogP contribution is -2.40. The number of nitrogens with one attached hydrogen (secondary N) is 2. The molecule has 1 unspecified atom stereocenters. The van der Waals surface area contributed by atoms with Gasteiger partial charge in [-0.05, 0) is 65.4 Å². The van der Waals surface area contributed by atoms with Gasteiger partial charge in [-0.1, -0.05) is 30.8 Å². The fraction of sp³-hybridized carbons (Fsp3) is 0.286. The number of nitrogens with zero attached hydrogens (tertiary/aromatic N) is 2. The van der Waals surface area contributed by atoms with Gasteiger partial charge in [-0.25, -0.2) is 4.98 Å². The zero-order valence-electron chi connectivity index (χ0n) is 21.0. The molecular formula is C28H26N4O5S. The van der Waals surface area contributed by atoms with Gasteiger partial charge in [0.15, 0.2) is 28.2 Å². The van der Waals surface area contributed by atoms with Crippen molar-refractivity contribution in [2.24, 2.45) is 0 Å². The van der Waals surface area contributed by atoms with Gasteiger partial charge in [0.25, 0.3) is 5.56 Å². The number of anilines is 1. The number of H-pyrrole nitrogens is 1. The lowest BCUT2D eigenvalue weighted by Gasteiger charge is -2.39. The Hall–Kier alpha value is -3.89. The van der Waals surface area contributed by atoms with Crippen molar-refractivity contribution < 1.29 is 18.9 Å². The van der Waals surface area contributed by atoms with E-state index in [9.17, 15) is 4.79 Å². The fourth-order valence-electron chi connectivity index (χ4n) is 5.52. The van der Waals surface area contributed by atoms with Crippen LogP contribution in [0.25, 0.3) is 6.08 Å². The van der Waals surface area contributed by atoms with Crippen molar-refractivity contribution >= 4 is 23.7 Å². The van der Waals surface area contributed by atoms with Crippen LogP contribution in [-0.2, 0) is 0 Å². The Morgan fingerprint density at radius 2 is 1.76 bits per heavy atom. The van der Waals surface area contributed by atoms with Gasteiger partial charge in [0.05, 0.1) is 5.56 Å². The SMILES string of the molecule is CCN1CC2=C(Nc3nc(SC)[nH]c(=O)c3C2c2ccc3c(c2)OCO3)/C(=C/c2ccc3c(c2)OCO3)C1. The number of likely N-dealkylation sites (N-methyl/N-ethyl adjacent to an activating group) is 1. The summed E-state index contributed by atoms with van der Waals surface area (Å²) >= 11 is 1.41. The minimum absolute atomic E-state index is 0.143. The second-order valence-electron chi connectivity index (χ2n) is 9.49. The van der Waals surface area contributed by atoms with Crippen LogP contribution in [0.15, 0.2) is 63.2 Å². The van der Waals surface area contributed by atoms with Crippen molar-refractivity contribution in [3.8, 4) is 23.0 Å². The van der Waals surface area contributed by atoms with Crippen LogP contribution in [0.3, 0.4) is 0 Å². The lowest BCUT2D eigenvalue weighted by molar-refractivity contribution is 0.173. The number of thioether (sulfide) groups is 1. The van der Waals surface area contributed by atoms with Crippen molar-refractivity contribution in [1.82, 2.24) is 14.9 Å². The first kappa shape index (κ1) is 23.2. The predicted octanol–water partition coefficient (Wildman–Crippen LogP) is 4.18. The topological polar surface area (TPSA) is 97.9 Å². The maximum Gasteiger partial charge on any atom is 0.257 e. The highest BCUT2D eigenvalue weighted by molar-refractivity contribution is 7.98. The number of fused-ring (bicyclic) bond motifs is 3. The number of ether oxygens (including phenoxy) is 4. The Balaban J connectivity index is 1.42. The summed E-state index contributed by atoms with van der Waals surface area (Å²) in [6.45, 7) is 4.94. The normalized spacial score (nSPS) is 20.4. The second kappa shape index (κ2) is 9.14. The molecule has 10 heteroatoms. The van der Waals surface area contributed by atoms with E-state index in [1.807, 2.05) is 42.7 Å². The molecule has 1 atom stereocenters. The van der Waals surface area contributed by atoms with Gasteiger partial charge in [0.2, 0.25) is 13.6 Å². The van der Waals surface area contributed by atoms with Gasteiger partial charge in [-0.2, -0.15) is 0 Å². The molecular weight excluding hydrogens is 504 g/mol. The van der Waals surface area contributed by atoms with Crippen LogP contribution < -0.4 is 29.8 Å². The van der Waals surface area contributed by atoms with Crippen LogP contribution in [0, 0.1) is 0 Å². The third kappa shape index (κ3) is 3.83. The minimum atomic E-state index is -0.294. The van der Waals surface area contributed by atoms with E-state index >= 15 is 0 Å². The summed E-state index contributed by atoms with van der Waals surface area (Å²) in [6, 6.07) is 11.9. The molecule has 5 heterocycles. The first-order valence-corrected chi connectivity index (χ1v) is 13.7. The summed E-state index contributed by atoms with van der Waals surface area (Å²) < 4.78 is 22.4. The standard InChI is InChI=1S/C28H26N4O5S/c1-3-32-11-17(8-15-4-6-19-21(9-15)36-13-34-19)25-18(12-32)23(16-5-7-20-22(10-16)37-14-35-20)24-26(29-25)30-28(38-2)31-27(24)33/h4-10,23H,3,11-14H2,1-2H3,(H2,29,30,31,33)/b17-8+. The summed E-state index contributed by atoms with van der Waals surface area (Å²) in [6.07, 6.45) is 4.08. The van der Waals surface area contributed by atoms with Crippen molar-refractivity contribution in [1.29, 1.82) is 0 Å². The van der Waals surface area contributed by atoms with Gasteiger partial charge in [0, 0.05) is 24.7 Å². The molecule has 1 aromatic heterocycles. The number of benzene rings is 2. The van der Waals surface area contributed by atoms with Gasteiger partial charge < -0.3 is 29.2 Å². The summed E-state index contributed by atoms with van der Waals surface area (Å²) in [5.41, 5.74) is 5.71. The number of rotatable bonds is 4. The van der Waals surface area contributed by atoms with Crippen molar-refractivity contribution in [2.75, 3.05) is 44.8 Å².